The summed E-state index contributed by atoms with van der Waals surface area (Å²) in [6, 6.07) is 0. The van der Waals surface area contributed by atoms with E-state index in [1.807, 2.05) is 14.1 Å². The molecule has 0 radical (unpaired) electrons. The highest BCUT2D eigenvalue weighted by Gasteiger charge is 2.77. The van der Waals surface area contributed by atoms with Gasteiger partial charge in [-0.2, -0.15) is 0 Å². The Kier molecular flexibility index (Phi) is 4.12. The lowest BCUT2D eigenvalue weighted by molar-refractivity contribution is -0.149. The van der Waals surface area contributed by atoms with Gasteiger partial charge >= 0.3 is 0 Å². The summed E-state index contributed by atoms with van der Waals surface area (Å²) >= 11 is 0. The standard InChI is InChI=1S/C19H28N4O4/c1-12-14(13(2)26-22-12)15(24)21-11-17-9-18(10-17,16(25)23(3)4)19(27-17)5-7-20-8-6-19/h20H,5-11H2,1-4H3,(H,21,24). The molecule has 2 amide bonds. The minimum Gasteiger partial charge on any atom is -0.365 e. The van der Waals surface area contributed by atoms with Crippen LogP contribution < -0.4 is 10.6 Å². The number of aromatic nitrogens is 1. The topological polar surface area (TPSA) is 96.7 Å². The molecule has 148 valence electrons. The van der Waals surface area contributed by atoms with Gasteiger partial charge in [0, 0.05) is 20.6 Å². The van der Waals surface area contributed by atoms with Crippen molar-refractivity contribution in [3.05, 3.63) is 17.0 Å². The summed E-state index contributed by atoms with van der Waals surface area (Å²) in [6.07, 6.45) is 2.98. The number of hydrogen-bond donors (Lipinski definition) is 2. The molecule has 8 heteroatoms. The second kappa shape index (κ2) is 6.04. The third-order valence-corrected chi connectivity index (χ3v) is 6.59. The van der Waals surface area contributed by atoms with Crippen LogP contribution in [0.2, 0.25) is 0 Å². The number of carbonyl (C=O) groups excluding carboxylic acids is 2. The zero-order chi connectivity index (χ0) is 19.4. The van der Waals surface area contributed by atoms with Crippen LogP contribution in [0.4, 0.5) is 0 Å². The summed E-state index contributed by atoms with van der Waals surface area (Å²) in [7, 11) is 3.62. The molecule has 0 unspecified atom stereocenters. The van der Waals surface area contributed by atoms with Gasteiger partial charge in [-0.25, -0.2) is 0 Å². The van der Waals surface area contributed by atoms with Crippen molar-refractivity contribution < 1.29 is 18.8 Å². The number of nitrogens with one attached hydrogen (secondary N) is 2. The van der Waals surface area contributed by atoms with Crippen molar-refractivity contribution in [1.29, 1.82) is 0 Å². The van der Waals surface area contributed by atoms with E-state index in [0.717, 1.165) is 25.9 Å². The van der Waals surface area contributed by atoms with Gasteiger partial charge in [0.1, 0.15) is 11.3 Å². The number of piperidine rings is 1. The Balaban J connectivity index is 1.52. The minimum absolute atomic E-state index is 0.148. The van der Waals surface area contributed by atoms with Crippen LogP contribution in [0, 0.1) is 19.3 Å². The third kappa shape index (κ3) is 2.53. The van der Waals surface area contributed by atoms with Crippen molar-refractivity contribution in [1.82, 2.24) is 20.7 Å². The van der Waals surface area contributed by atoms with E-state index in [1.54, 1.807) is 18.7 Å². The number of nitrogens with zero attached hydrogens (tertiary/aromatic N) is 2. The number of amides is 2. The van der Waals surface area contributed by atoms with Gasteiger partial charge in [0.25, 0.3) is 5.91 Å². The summed E-state index contributed by atoms with van der Waals surface area (Å²) in [5.41, 5.74) is -0.288. The van der Waals surface area contributed by atoms with E-state index in [-0.39, 0.29) is 11.8 Å². The molecule has 4 aliphatic rings. The molecule has 1 aliphatic carbocycles. The normalized spacial score (nSPS) is 30.8. The van der Waals surface area contributed by atoms with E-state index in [1.165, 1.54) is 0 Å². The van der Waals surface area contributed by atoms with E-state index >= 15 is 0 Å². The molecule has 3 aliphatic heterocycles. The predicted octanol–water partition coefficient (Wildman–Crippen LogP) is 0.781. The number of carbonyl (C=O) groups is 2. The maximum absolute atomic E-state index is 13.1. The monoisotopic (exact) mass is 376 g/mol. The summed E-state index contributed by atoms with van der Waals surface area (Å²) in [5, 5.41) is 10.2. The first kappa shape index (κ1) is 18.4. The molecule has 0 aromatic carbocycles. The zero-order valence-corrected chi connectivity index (χ0v) is 16.5. The summed E-state index contributed by atoms with van der Waals surface area (Å²) in [4.78, 5) is 27.3. The first-order valence-corrected chi connectivity index (χ1v) is 9.58. The highest BCUT2D eigenvalue weighted by atomic mass is 16.5. The van der Waals surface area contributed by atoms with E-state index in [2.05, 4.69) is 15.8 Å². The maximum atomic E-state index is 13.1. The predicted molar refractivity (Wildman–Crippen MR) is 97.3 cm³/mol. The highest BCUT2D eigenvalue weighted by molar-refractivity contribution is 5.96. The molecule has 0 atom stereocenters. The third-order valence-electron chi connectivity index (χ3n) is 6.59. The Bertz CT molecular complexity index is 753. The van der Waals surface area contributed by atoms with E-state index < -0.39 is 16.6 Å². The molecule has 4 heterocycles. The molecule has 1 spiro atoms. The van der Waals surface area contributed by atoms with Gasteiger partial charge in [0.15, 0.2) is 0 Å². The van der Waals surface area contributed by atoms with Gasteiger partial charge < -0.3 is 24.8 Å². The van der Waals surface area contributed by atoms with Crippen LogP contribution >= 0.6 is 0 Å². The summed E-state index contributed by atoms with van der Waals surface area (Å²) in [5.74, 6) is 0.455. The Labute approximate surface area is 159 Å². The highest BCUT2D eigenvalue weighted by Crippen LogP contribution is 2.69. The van der Waals surface area contributed by atoms with E-state index in [9.17, 15) is 9.59 Å². The van der Waals surface area contributed by atoms with Crippen LogP contribution in [-0.4, -0.2) is 66.8 Å². The largest absolute Gasteiger partial charge is 0.365 e. The molecule has 1 saturated carbocycles. The molecule has 4 fully saturated rings. The molecule has 1 aromatic heterocycles. The molecule has 2 bridgehead atoms. The molecular formula is C19H28N4O4. The van der Waals surface area contributed by atoms with Gasteiger partial charge in [-0.05, 0) is 52.6 Å². The zero-order valence-electron chi connectivity index (χ0n) is 16.5. The first-order chi connectivity index (χ1) is 12.7. The fourth-order valence-electron chi connectivity index (χ4n) is 5.44. The minimum atomic E-state index is -0.466. The Morgan fingerprint density at radius 3 is 2.44 bits per heavy atom. The van der Waals surface area contributed by atoms with Crippen molar-refractivity contribution in [3.63, 3.8) is 0 Å². The molecule has 27 heavy (non-hydrogen) atoms. The fraction of sp³-hybridized carbons (Fsp3) is 0.737. The van der Waals surface area contributed by atoms with Crippen molar-refractivity contribution >= 4 is 11.8 Å². The van der Waals surface area contributed by atoms with Crippen LogP contribution in [0.1, 0.15) is 47.5 Å². The molecule has 1 aromatic rings. The quantitative estimate of drug-likeness (QED) is 0.806. The van der Waals surface area contributed by atoms with Gasteiger partial charge in [0.05, 0.1) is 22.3 Å². The van der Waals surface area contributed by atoms with Gasteiger partial charge in [-0.1, -0.05) is 5.16 Å². The molecule has 8 nitrogen and oxygen atoms in total. The summed E-state index contributed by atoms with van der Waals surface area (Å²) in [6.45, 7) is 5.58. The summed E-state index contributed by atoms with van der Waals surface area (Å²) < 4.78 is 11.7. The second-order valence-corrected chi connectivity index (χ2v) is 8.55. The molecule has 3 saturated heterocycles. The average Bonchev–Trinajstić information content (AvgIpc) is 3.17. The molecule has 2 N–H and O–H groups in total. The van der Waals surface area contributed by atoms with Crippen LogP contribution in [0.25, 0.3) is 0 Å². The number of aryl methyl sites for hydroxylation is 2. The van der Waals surface area contributed by atoms with Gasteiger partial charge in [0.2, 0.25) is 5.91 Å². The molecular weight excluding hydrogens is 348 g/mol. The second-order valence-electron chi connectivity index (χ2n) is 8.55. The first-order valence-electron chi connectivity index (χ1n) is 9.58. The van der Waals surface area contributed by atoms with Gasteiger partial charge in [-0.15, -0.1) is 0 Å². The van der Waals surface area contributed by atoms with Crippen LogP contribution in [0.5, 0.6) is 0 Å². The molecule has 5 rings (SSSR count). The van der Waals surface area contributed by atoms with Crippen molar-refractivity contribution in [2.75, 3.05) is 33.7 Å². The lowest BCUT2D eigenvalue weighted by atomic mass is 9.53. The SMILES string of the molecule is Cc1noc(C)c1C(=O)NCC12CC(C(=O)N(C)C)(C1)C1(CCNCC1)O2. The van der Waals surface area contributed by atoms with Crippen molar-refractivity contribution in [2.24, 2.45) is 5.41 Å². The Hall–Kier alpha value is -1.93. The van der Waals surface area contributed by atoms with Crippen molar-refractivity contribution in [3.8, 4) is 0 Å². The number of rotatable bonds is 4. The van der Waals surface area contributed by atoms with Crippen molar-refractivity contribution in [2.45, 2.75) is 50.7 Å². The van der Waals surface area contributed by atoms with Gasteiger partial charge in [-0.3, -0.25) is 9.59 Å². The van der Waals surface area contributed by atoms with Crippen LogP contribution in [0.3, 0.4) is 0 Å². The smallest absolute Gasteiger partial charge is 0.256 e. The lowest BCUT2D eigenvalue weighted by Crippen LogP contribution is -2.61. The maximum Gasteiger partial charge on any atom is 0.256 e. The lowest BCUT2D eigenvalue weighted by Gasteiger charge is -2.49. The van der Waals surface area contributed by atoms with E-state index in [0.29, 0.717) is 36.4 Å². The van der Waals surface area contributed by atoms with Crippen LogP contribution in [-0.2, 0) is 9.53 Å². The Morgan fingerprint density at radius 1 is 1.22 bits per heavy atom. The number of ether oxygens (including phenoxy) is 1. The van der Waals surface area contributed by atoms with E-state index in [4.69, 9.17) is 9.26 Å². The average molecular weight is 376 g/mol. The Morgan fingerprint density at radius 2 is 1.89 bits per heavy atom. The fourth-order valence-corrected chi connectivity index (χ4v) is 5.44. The van der Waals surface area contributed by atoms with Crippen LogP contribution in [0.15, 0.2) is 4.52 Å². The number of hydrogen-bond acceptors (Lipinski definition) is 6.